The molecule has 23 heavy (non-hydrogen) atoms. The molecule has 2 aromatic carbocycles. The maximum atomic E-state index is 13.6. The number of hydrogen-bond donors (Lipinski definition) is 1. The molecule has 1 N–H and O–H groups in total. The van der Waals surface area contributed by atoms with E-state index in [1.165, 1.54) is 25.0 Å². The minimum absolute atomic E-state index is 0.162. The van der Waals surface area contributed by atoms with E-state index in [9.17, 15) is 9.18 Å². The molecular formula is C19H22FNO2. The van der Waals surface area contributed by atoms with Gasteiger partial charge in [0.1, 0.15) is 11.6 Å². The smallest absolute Gasteiger partial charge is 0.259 e. The van der Waals surface area contributed by atoms with Crippen molar-refractivity contribution in [2.24, 2.45) is 0 Å². The van der Waals surface area contributed by atoms with Crippen molar-refractivity contribution in [2.75, 3.05) is 11.9 Å². The van der Waals surface area contributed by atoms with Gasteiger partial charge in [-0.1, -0.05) is 50.5 Å². The van der Waals surface area contributed by atoms with Crippen LogP contribution in [0.15, 0.2) is 48.5 Å². The van der Waals surface area contributed by atoms with E-state index in [1.807, 2.05) is 6.07 Å². The summed E-state index contributed by atoms with van der Waals surface area (Å²) in [4.78, 5) is 12.4. The molecule has 4 heteroatoms. The number of carbonyl (C=O) groups is 1. The third kappa shape index (κ3) is 5.09. The zero-order chi connectivity index (χ0) is 16.5. The average molecular weight is 315 g/mol. The van der Waals surface area contributed by atoms with E-state index in [1.54, 1.807) is 30.3 Å². The second kappa shape index (κ2) is 8.93. The molecular weight excluding hydrogens is 293 g/mol. The van der Waals surface area contributed by atoms with Crippen LogP contribution >= 0.6 is 0 Å². The van der Waals surface area contributed by atoms with Crippen LogP contribution in [0.3, 0.4) is 0 Å². The molecule has 0 fully saturated rings. The normalized spacial score (nSPS) is 10.3. The maximum absolute atomic E-state index is 13.6. The molecule has 2 rings (SSSR count). The third-order valence-corrected chi connectivity index (χ3v) is 3.51. The number of nitrogens with one attached hydrogen (secondary N) is 1. The number of benzene rings is 2. The molecule has 0 heterocycles. The Labute approximate surface area is 136 Å². The number of carbonyl (C=O) groups excluding carboxylic acids is 1. The molecule has 2 aromatic rings. The van der Waals surface area contributed by atoms with Gasteiger partial charge < -0.3 is 10.1 Å². The highest BCUT2D eigenvalue weighted by atomic mass is 19.1. The minimum Gasteiger partial charge on any atom is -0.493 e. The zero-order valence-electron chi connectivity index (χ0n) is 13.3. The van der Waals surface area contributed by atoms with Crippen molar-refractivity contribution < 1.29 is 13.9 Å². The van der Waals surface area contributed by atoms with Crippen molar-refractivity contribution in [3.8, 4) is 5.75 Å². The van der Waals surface area contributed by atoms with Crippen molar-refractivity contribution >= 4 is 11.6 Å². The molecule has 0 aromatic heterocycles. The molecule has 0 spiro atoms. The lowest BCUT2D eigenvalue weighted by molar-refractivity contribution is 0.102. The predicted octanol–water partition coefficient (Wildman–Crippen LogP) is 5.04. The highest BCUT2D eigenvalue weighted by Gasteiger charge is 2.13. The summed E-state index contributed by atoms with van der Waals surface area (Å²) in [5, 5.41) is 2.58. The largest absolute Gasteiger partial charge is 0.493 e. The van der Waals surface area contributed by atoms with Gasteiger partial charge >= 0.3 is 0 Å². The van der Waals surface area contributed by atoms with Gasteiger partial charge in [-0.25, -0.2) is 4.39 Å². The second-order valence-electron chi connectivity index (χ2n) is 5.34. The van der Waals surface area contributed by atoms with Crippen LogP contribution in [0.5, 0.6) is 5.75 Å². The molecule has 0 radical (unpaired) electrons. The lowest BCUT2D eigenvalue weighted by atomic mass is 10.1. The first-order valence-electron chi connectivity index (χ1n) is 8.00. The van der Waals surface area contributed by atoms with Gasteiger partial charge in [0.05, 0.1) is 17.9 Å². The van der Waals surface area contributed by atoms with Crippen LogP contribution in [0.25, 0.3) is 0 Å². The van der Waals surface area contributed by atoms with E-state index < -0.39 is 5.82 Å². The van der Waals surface area contributed by atoms with Gasteiger partial charge in [-0.2, -0.15) is 0 Å². The summed E-state index contributed by atoms with van der Waals surface area (Å²) in [5.74, 6) is -0.309. The van der Waals surface area contributed by atoms with E-state index in [0.29, 0.717) is 17.9 Å². The van der Waals surface area contributed by atoms with Gasteiger partial charge in [0.15, 0.2) is 0 Å². The van der Waals surface area contributed by atoms with Crippen molar-refractivity contribution in [3.63, 3.8) is 0 Å². The fourth-order valence-corrected chi connectivity index (χ4v) is 2.24. The molecule has 0 aliphatic carbocycles. The minimum atomic E-state index is -0.459. The molecule has 0 saturated carbocycles. The number of hydrogen-bond acceptors (Lipinski definition) is 2. The molecule has 0 unspecified atom stereocenters. The Hall–Kier alpha value is -2.36. The number of unbranched alkanes of at least 4 members (excludes halogenated alkanes) is 3. The summed E-state index contributed by atoms with van der Waals surface area (Å²) < 4.78 is 19.4. The Kier molecular flexibility index (Phi) is 6.60. The van der Waals surface area contributed by atoms with Crippen molar-refractivity contribution in [3.05, 3.63) is 59.9 Å². The zero-order valence-corrected chi connectivity index (χ0v) is 13.3. The molecule has 0 aliphatic heterocycles. The number of anilines is 1. The average Bonchev–Trinajstić information content (AvgIpc) is 2.57. The summed E-state index contributed by atoms with van der Waals surface area (Å²) in [5.41, 5.74) is 0.571. The number of halogens is 1. The summed E-state index contributed by atoms with van der Waals surface area (Å²) in [6.07, 6.45) is 4.41. The van der Waals surface area contributed by atoms with E-state index in [-0.39, 0.29) is 11.6 Å². The predicted molar refractivity (Wildman–Crippen MR) is 90.4 cm³/mol. The van der Waals surface area contributed by atoms with Crippen molar-refractivity contribution in [2.45, 2.75) is 32.6 Å². The standard InChI is InChI=1S/C19H22FNO2/c1-2-3-4-9-14-23-18-13-8-5-10-15(18)19(22)21-17-12-7-6-11-16(17)20/h5-8,10-13H,2-4,9,14H2,1H3,(H,21,22). The van der Waals surface area contributed by atoms with Crippen LogP contribution in [0.4, 0.5) is 10.1 Å². The van der Waals surface area contributed by atoms with Crippen LogP contribution in [0.1, 0.15) is 43.0 Å². The Bertz CT molecular complexity index is 643. The van der Waals surface area contributed by atoms with E-state index in [0.717, 1.165) is 12.8 Å². The number of para-hydroxylation sites is 2. The fraction of sp³-hybridized carbons (Fsp3) is 0.316. The Balaban J connectivity index is 2.01. The molecule has 122 valence electrons. The summed E-state index contributed by atoms with van der Waals surface area (Å²) in [6.45, 7) is 2.73. The Morgan fingerprint density at radius 1 is 1.04 bits per heavy atom. The number of amides is 1. The van der Waals surface area contributed by atoms with Crippen LogP contribution in [-0.4, -0.2) is 12.5 Å². The van der Waals surface area contributed by atoms with Gasteiger partial charge in [0.25, 0.3) is 5.91 Å². The number of rotatable bonds is 8. The quantitative estimate of drug-likeness (QED) is 0.693. The Morgan fingerprint density at radius 2 is 1.78 bits per heavy atom. The van der Waals surface area contributed by atoms with Gasteiger partial charge in [0.2, 0.25) is 0 Å². The van der Waals surface area contributed by atoms with Crippen LogP contribution in [0, 0.1) is 5.82 Å². The van der Waals surface area contributed by atoms with Gasteiger partial charge in [-0.3, -0.25) is 4.79 Å². The SMILES string of the molecule is CCCCCCOc1ccccc1C(=O)Nc1ccccc1F. The van der Waals surface area contributed by atoms with Gasteiger partial charge in [0, 0.05) is 0 Å². The van der Waals surface area contributed by atoms with E-state index in [4.69, 9.17) is 4.74 Å². The first kappa shape index (κ1) is 17.0. The number of ether oxygens (including phenoxy) is 1. The highest BCUT2D eigenvalue weighted by Crippen LogP contribution is 2.21. The fourth-order valence-electron chi connectivity index (χ4n) is 2.24. The summed E-state index contributed by atoms with van der Waals surface area (Å²) >= 11 is 0. The highest BCUT2D eigenvalue weighted by molar-refractivity contribution is 6.06. The first-order valence-corrected chi connectivity index (χ1v) is 8.00. The van der Waals surface area contributed by atoms with Crippen LogP contribution < -0.4 is 10.1 Å². The molecule has 1 amide bonds. The summed E-state index contributed by atoms with van der Waals surface area (Å²) in [6, 6.07) is 13.1. The molecule has 0 saturated heterocycles. The first-order chi connectivity index (χ1) is 11.2. The topological polar surface area (TPSA) is 38.3 Å². The van der Waals surface area contributed by atoms with Gasteiger partial charge in [-0.05, 0) is 30.7 Å². The van der Waals surface area contributed by atoms with E-state index >= 15 is 0 Å². The molecule has 3 nitrogen and oxygen atoms in total. The molecule has 0 aliphatic rings. The lowest BCUT2D eigenvalue weighted by Gasteiger charge is -2.12. The second-order valence-corrected chi connectivity index (χ2v) is 5.34. The van der Waals surface area contributed by atoms with Crippen molar-refractivity contribution in [1.82, 2.24) is 0 Å². The summed E-state index contributed by atoms with van der Waals surface area (Å²) in [7, 11) is 0. The van der Waals surface area contributed by atoms with Gasteiger partial charge in [-0.15, -0.1) is 0 Å². The Morgan fingerprint density at radius 3 is 2.57 bits per heavy atom. The van der Waals surface area contributed by atoms with Crippen LogP contribution in [0.2, 0.25) is 0 Å². The van der Waals surface area contributed by atoms with Crippen LogP contribution in [-0.2, 0) is 0 Å². The monoisotopic (exact) mass is 315 g/mol. The maximum Gasteiger partial charge on any atom is 0.259 e. The molecule has 0 bridgehead atoms. The lowest BCUT2D eigenvalue weighted by Crippen LogP contribution is -2.14. The van der Waals surface area contributed by atoms with E-state index in [2.05, 4.69) is 12.2 Å². The van der Waals surface area contributed by atoms with Crippen molar-refractivity contribution in [1.29, 1.82) is 0 Å². The third-order valence-electron chi connectivity index (χ3n) is 3.51. The molecule has 0 atom stereocenters.